The average Bonchev–Trinajstić information content (AvgIpc) is 2.71. The number of carbonyl (C=O) groups excluding carboxylic acids is 1. The molecule has 1 aromatic rings. The molecule has 5 heteroatoms. The van der Waals surface area contributed by atoms with E-state index in [1.165, 1.54) is 12.4 Å². The second-order valence-electron chi connectivity index (χ2n) is 3.22. The number of likely N-dealkylation sites (tertiary alicyclic amines) is 1. The van der Waals surface area contributed by atoms with Crippen molar-refractivity contribution in [2.45, 2.75) is 12.8 Å². The molecule has 1 amide bonds. The van der Waals surface area contributed by atoms with Crippen LogP contribution < -0.4 is 0 Å². The lowest BCUT2D eigenvalue weighted by atomic mass is 10.4. The van der Waals surface area contributed by atoms with Crippen molar-refractivity contribution in [3.63, 3.8) is 0 Å². The van der Waals surface area contributed by atoms with E-state index in [0.29, 0.717) is 10.8 Å². The smallest absolute Gasteiger partial charge is 0.274 e. The Bertz CT molecular complexity index is 332. The zero-order valence-corrected chi connectivity index (χ0v) is 8.37. The third-order valence-electron chi connectivity index (χ3n) is 2.23. The number of rotatable bonds is 1. The van der Waals surface area contributed by atoms with Crippen LogP contribution in [0.4, 0.5) is 0 Å². The summed E-state index contributed by atoms with van der Waals surface area (Å²) in [6.45, 7) is 1.65. The van der Waals surface area contributed by atoms with Gasteiger partial charge in [-0.2, -0.15) is 0 Å². The summed E-state index contributed by atoms with van der Waals surface area (Å²) in [5.74, 6) is -0.0494. The molecule has 4 nitrogen and oxygen atoms in total. The van der Waals surface area contributed by atoms with Gasteiger partial charge in [-0.15, -0.1) is 0 Å². The van der Waals surface area contributed by atoms with Crippen LogP contribution in [0, 0.1) is 0 Å². The number of amides is 1. The first-order valence-electron chi connectivity index (χ1n) is 4.54. The Balaban J connectivity index is 2.14. The van der Waals surface area contributed by atoms with Gasteiger partial charge >= 0.3 is 0 Å². The molecule has 1 aromatic heterocycles. The number of hydrogen-bond acceptors (Lipinski definition) is 3. The lowest BCUT2D eigenvalue weighted by molar-refractivity contribution is 0.0786. The molecule has 0 radical (unpaired) electrons. The van der Waals surface area contributed by atoms with Gasteiger partial charge in [0, 0.05) is 13.1 Å². The van der Waals surface area contributed by atoms with Gasteiger partial charge in [0.1, 0.15) is 10.8 Å². The summed E-state index contributed by atoms with van der Waals surface area (Å²) in [6.07, 6.45) is 4.97. The molecule has 0 spiro atoms. The van der Waals surface area contributed by atoms with E-state index < -0.39 is 0 Å². The fraction of sp³-hybridized carbons (Fsp3) is 0.444. The maximum atomic E-state index is 11.7. The van der Waals surface area contributed by atoms with Crippen molar-refractivity contribution in [3.05, 3.63) is 23.2 Å². The lowest BCUT2D eigenvalue weighted by Crippen LogP contribution is -2.28. The highest BCUT2D eigenvalue weighted by atomic mass is 35.5. The maximum Gasteiger partial charge on any atom is 0.274 e. The zero-order chi connectivity index (χ0) is 9.97. The first kappa shape index (κ1) is 9.40. The first-order valence-corrected chi connectivity index (χ1v) is 4.92. The summed E-state index contributed by atoms with van der Waals surface area (Å²) < 4.78 is 0. The van der Waals surface area contributed by atoms with E-state index >= 15 is 0 Å². The molecular weight excluding hydrogens is 202 g/mol. The van der Waals surface area contributed by atoms with E-state index in [-0.39, 0.29) is 5.91 Å². The van der Waals surface area contributed by atoms with Crippen LogP contribution in [0.15, 0.2) is 12.4 Å². The molecule has 0 aliphatic carbocycles. The fourth-order valence-electron chi connectivity index (χ4n) is 1.50. The Morgan fingerprint density at radius 3 is 2.57 bits per heavy atom. The third-order valence-corrected chi connectivity index (χ3v) is 2.43. The van der Waals surface area contributed by atoms with Crippen LogP contribution in [0.1, 0.15) is 23.3 Å². The maximum absolute atomic E-state index is 11.7. The molecule has 1 saturated heterocycles. The lowest BCUT2D eigenvalue weighted by Gasteiger charge is -2.13. The van der Waals surface area contributed by atoms with Crippen LogP contribution in [0.2, 0.25) is 5.15 Å². The van der Waals surface area contributed by atoms with Crippen molar-refractivity contribution in [2.75, 3.05) is 13.1 Å². The molecule has 1 fully saturated rings. The van der Waals surface area contributed by atoms with Crippen molar-refractivity contribution in [3.8, 4) is 0 Å². The second kappa shape index (κ2) is 3.92. The van der Waals surface area contributed by atoms with Crippen LogP contribution in [-0.4, -0.2) is 33.9 Å². The van der Waals surface area contributed by atoms with E-state index in [1.54, 1.807) is 4.90 Å². The minimum atomic E-state index is -0.0494. The van der Waals surface area contributed by atoms with E-state index in [9.17, 15) is 4.79 Å². The van der Waals surface area contributed by atoms with Crippen molar-refractivity contribution < 1.29 is 4.79 Å². The van der Waals surface area contributed by atoms with Gasteiger partial charge in [-0.1, -0.05) is 11.6 Å². The van der Waals surface area contributed by atoms with Crippen LogP contribution >= 0.6 is 11.6 Å². The van der Waals surface area contributed by atoms with Crippen LogP contribution in [-0.2, 0) is 0 Å². The molecule has 2 rings (SSSR count). The van der Waals surface area contributed by atoms with Gasteiger partial charge in [-0.25, -0.2) is 9.97 Å². The Hall–Kier alpha value is -1.16. The molecule has 0 aromatic carbocycles. The summed E-state index contributed by atoms with van der Waals surface area (Å²) in [5.41, 5.74) is 0.372. The van der Waals surface area contributed by atoms with E-state index in [2.05, 4.69) is 9.97 Å². The molecule has 0 unspecified atom stereocenters. The van der Waals surface area contributed by atoms with Crippen LogP contribution in [0.5, 0.6) is 0 Å². The largest absolute Gasteiger partial charge is 0.337 e. The van der Waals surface area contributed by atoms with Crippen LogP contribution in [0.25, 0.3) is 0 Å². The number of aromatic nitrogens is 2. The Morgan fingerprint density at radius 2 is 2.00 bits per heavy atom. The molecule has 0 saturated carbocycles. The van der Waals surface area contributed by atoms with Gasteiger partial charge < -0.3 is 4.90 Å². The number of hydrogen-bond donors (Lipinski definition) is 0. The van der Waals surface area contributed by atoms with E-state index in [1.807, 2.05) is 0 Å². The molecule has 0 bridgehead atoms. The molecule has 0 atom stereocenters. The first-order chi connectivity index (χ1) is 6.77. The summed E-state index contributed by atoms with van der Waals surface area (Å²) in [6, 6.07) is 0. The van der Waals surface area contributed by atoms with Gasteiger partial charge in [-0.05, 0) is 12.8 Å². The van der Waals surface area contributed by atoms with Crippen molar-refractivity contribution in [1.82, 2.24) is 14.9 Å². The highest BCUT2D eigenvalue weighted by Crippen LogP contribution is 2.11. The topological polar surface area (TPSA) is 46.1 Å². The minimum absolute atomic E-state index is 0.0494. The molecule has 1 aliphatic heterocycles. The molecule has 14 heavy (non-hydrogen) atoms. The summed E-state index contributed by atoms with van der Waals surface area (Å²) in [4.78, 5) is 21.3. The third kappa shape index (κ3) is 1.85. The SMILES string of the molecule is O=C(c1cnc(Cl)cn1)N1CCCC1. The summed E-state index contributed by atoms with van der Waals surface area (Å²) in [7, 11) is 0. The zero-order valence-electron chi connectivity index (χ0n) is 7.61. The molecular formula is C9H10ClN3O. The molecule has 1 aliphatic rings. The van der Waals surface area contributed by atoms with Gasteiger partial charge in [0.2, 0.25) is 0 Å². The summed E-state index contributed by atoms with van der Waals surface area (Å²) >= 11 is 5.58. The van der Waals surface area contributed by atoms with E-state index in [4.69, 9.17) is 11.6 Å². The molecule has 74 valence electrons. The van der Waals surface area contributed by atoms with Crippen LogP contribution in [0.3, 0.4) is 0 Å². The van der Waals surface area contributed by atoms with Crippen molar-refractivity contribution in [1.29, 1.82) is 0 Å². The highest BCUT2D eigenvalue weighted by Gasteiger charge is 2.20. The highest BCUT2D eigenvalue weighted by molar-refractivity contribution is 6.29. The minimum Gasteiger partial charge on any atom is -0.337 e. The van der Waals surface area contributed by atoms with Crippen molar-refractivity contribution in [2.24, 2.45) is 0 Å². The van der Waals surface area contributed by atoms with E-state index in [0.717, 1.165) is 25.9 Å². The van der Waals surface area contributed by atoms with Gasteiger partial charge in [0.15, 0.2) is 0 Å². The summed E-state index contributed by atoms with van der Waals surface area (Å²) in [5, 5.41) is 0.308. The standard InChI is InChI=1S/C9H10ClN3O/c10-8-6-11-7(5-12-8)9(14)13-3-1-2-4-13/h5-6H,1-4H2. The Labute approximate surface area is 86.9 Å². The van der Waals surface area contributed by atoms with Gasteiger partial charge in [-0.3, -0.25) is 4.79 Å². The van der Waals surface area contributed by atoms with Gasteiger partial charge in [0.05, 0.1) is 12.4 Å². The predicted octanol–water partition coefficient (Wildman–Crippen LogP) is 1.37. The predicted molar refractivity (Wildman–Crippen MR) is 52.2 cm³/mol. The average molecular weight is 212 g/mol. The van der Waals surface area contributed by atoms with Crippen molar-refractivity contribution >= 4 is 17.5 Å². The van der Waals surface area contributed by atoms with Gasteiger partial charge in [0.25, 0.3) is 5.91 Å². The Kier molecular flexibility index (Phi) is 2.63. The number of nitrogens with zero attached hydrogens (tertiary/aromatic N) is 3. The number of carbonyl (C=O) groups is 1. The molecule has 2 heterocycles. The normalized spacial score (nSPS) is 15.9. The quantitative estimate of drug-likeness (QED) is 0.705. The monoisotopic (exact) mass is 211 g/mol. The second-order valence-corrected chi connectivity index (χ2v) is 3.61. The fourth-order valence-corrected chi connectivity index (χ4v) is 1.60. The number of halogens is 1. The Morgan fingerprint density at radius 1 is 1.29 bits per heavy atom. The molecule has 0 N–H and O–H groups in total.